The quantitative estimate of drug-likeness (QED) is 0.129. The van der Waals surface area contributed by atoms with E-state index in [4.69, 9.17) is 34.8 Å². The second-order valence-electron chi connectivity index (χ2n) is 13.0. The Kier molecular flexibility index (Phi) is 11.4. The van der Waals surface area contributed by atoms with Gasteiger partial charge in [0.1, 0.15) is 11.4 Å². The first-order valence-electron chi connectivity index (χ1n) is 16.6. The van der Waals surface area contributed by atoms with E-state index in [0.717, 1.165) is 11.1 Å². The molecule has 4 N–H and O–H groups in total. The van der Waals surface area contributed by atoms with Crippen molar-refractivity contribution in [3.05, 3.63) is 104 Å². The zero-order valence-corrected chi connectivity index (χ0v) is 30.3. The molecule has 15 heteroatoms. The number of amides is 2. The number of hydrogen-bond donors (Lipinski definition) is 4. The summed E-state index contributed by atoms with van der Waals surface area (Å²) in [5.74, 6) is -3.42. The summed E-state index contributed by atoms with van der Waals surface area (Å²) in [6.07, 6.45) is 2.78. The van der Waals surface area contributed by atoms with Crippen molar-refractivity contribution in [1.82, 2.24) is 19.8 Å². The molecule has 0 bridgehead atoms. The Bertz CT molecular complexity index is 2050. The van der Waals surface area contributed by atoms with Crippen LogP contribution in [-0.2, 0) is 22.7 Å². The largest absolute Gasteiger partial charge is 0.481 e. The number of likely N-dealkylation sites (tertiary alicyclic amines) is 2. The van der Waals surface area contributed by atoms with Crippen LogP contribution in [0.25, 0.3) is 11.1 Å². The van der Waals surface area contributed by atoms with Crippen molar-refractivity contribution in [1.29, 1.82) is 0 Å². The van der Waals surface area contributed by atoms with Crippen LogP contribution < -0.4 is 10.6 Å². The Hall–Kier alpha value is -4.59. The standard InChI is InChI=1S/C37H35Cl3N6O6/c1-20-24(19-46-13-11-23(18-46)37(51)52)14-27(38)33(42-20)35(48)44-29-7-3-5-26(32(29)40)25-4-2-6-28(31(25)39)43-34(47)30-9-8-21(15-41-30)16-45-12-10-22(17-45)36(49)50/h2-9,14-15,22-23H,10-13,16-19H2,1H3,(H,43,47)(H,44,48)(H,49,50)(H,51,52)/t22-,23-/m1/s1. The Morgan fingerprint density at radius 3 is 1.87 bits per heavy atom. The van der Waals surface area contributed by atoms with Crippen LogP contribution in [0.4, 0.5) is 11.4 Å². The predicted molar refractivity (Wildman–Crippen MR) is 198 cm³/mol. The predicted octanol–water partition coefficient (Wildman–Crippen LogP) is 6.73. The number of benzene rings is 2. The molecule has 0 saturated carbocycles. The van der Waals surface area contributed by atoms with Gasteiger partial charge in [0.2, 0.25) is 0 Å². The maximum Gasteiger partial charge on any atom is 0.307 e. The van der Waals surface area contributed by atoms with Gasteiger partial charge in [0.15, 0.2) is 0 Å². The zero-order valence-electron chi connectivity index (χ0n) is 28.0. The summed E-state index contributed by atoms with van der Waals surface area (Å²) < 4.78 is 0. The lowest BCUT2D eigenvalue weighted by molar-refractivity contribution is -0.142. The van der Waals surface area contributed by atoms with E-state index in [0.29, 0.717) is 80.3 Å². The fourth-order valence-corrected chi connectivity index (χ4v) is 7.30. The molecule has 2 atom stereocenters. The molecule has 0 unspecified atom stereocenters. The van der Waals surface area contributed by atoms with Crippen molar-refractivity contribution in [2.45, 2.75) is 32.9 Å². The molecule has 0 radical (unpaired) electrons. The number of rotatable bonds is 11. The number of carboxylic acid groups (broad SMARTS) is 2. The van der Waals surface area contributed by atoms with E-state index in [1.807, 2.05) is 9.80 Å². The minimum absolute atomic E-state index is 0.0153. The Morgan fingerprint density at radius 2 is 1.35 bits per heavy atom. The summed E-state index contributed by atoms with van der Waals surface area (Å²) in [6, 6.07) is 15.3. The SMILES string of the molecule is Cc1nc(C(=O)Nc2cccc(-c3cccc(NC(=O)c4ccc(CN5CC[C@@H](C(=O)O)C5)cn4)c3Cl)c2Cl)c(Cl)cc1CN1CC[C@@H](C(=O)O)C1. The van der Waals surface area contributed by atoms with Crippen LogP contribution in [0.1, 0.15) is 50.6 Å². The summed E-state index contributed by atoms with van der Waals surface area (Å²) >= 11 is 20.2. The molecule has 0 spiro atoms. The normalized spacial score (nSPS) is 17.6. The molecule has 270 valence electrons. The molecule has 52 heavy (non-hydrogen) atoms. The highest BCUT2D eigenvalue weighted by atomic mass is 35.5. The summed E-state index contributed by atoms with van der Waals surface area (Å²) in [5, 5.41) is 24.7. The molecule has 0 aliphatic carbocycles. The lowest BCUT2D eigenvalue weighted by Crippen LogP contribution is -2.24. The molecule has 2 fully saturated rings. The number of carbonyl (C=O) groups excluding carboxylic acids is 2. The number of pyridine rings is 2. The lowest BCUT2D eigenvalue weighted by atomic mass is 10.0. The Labute approximate surface area is 314 Å². The molecule has 12 nitrogen and oxygen atoms in total. The van der Waals surface area contributed by atoms with E-state index in [1.165, 1.54) is 0 Å². The molecular formula is C37H35Cl3N6O6. The van der Waals surface area contributed by atoms with E-state index in [1.54, 1.807) is 67.7 Å². The molecule has 6 rings (SSSR count). The number of nitrogens with one attached hydrogen (secondary N) is 2. The van der Waals surface area contributed by atoms with Crippen molar-refractivity contribution < 1.29 is 29.4 Å². The van der Waals surface area contributed by atoms with E-state index in [2.05, 4.69) is 20.6 Å². The third kappa shape index (κ3) is 8.38. The number of anilines is 2. The number of aromatic nitrogens is 2. The minimum atomic E-state index is -0.809. The van der Waals surface area contributed by atoms with Crippen LogP contribution in [0.15, 0.2) is 60.8 Å². The molecule has 4 aromatic rings. The van der Waals surface area contributed by atoms with Crippen LogP contribution in [-0.4, -0.2) is 79.9 Å². The van der Waals surface area contributed by atoms with E-state index in [9.17, 15) is 29.4 Å². The lowest BCUT2D eigenvalue weighted by Gasteiger charge is -2.18. The van der Waals surface area contributed by atoms with Crippen LogP contribution in [0.3, 0.4) is 0 Å². The van der Waals surface area contributed by atoms with Gasteiger partial charge in [-0.25, -0.2) is 4.98 Å². The smallest absolute Gasteiger partial charge is 0.307 e. The Morgan fingerprint density at radius 1 is 0.788 bits per heavy atom. The number of aryl methyl sites for hydroxylation is 1. The fraction of sp³-hybridized carbons (Fsp3) is 0.297. The number of aliphatic carboxylic acids is 2. The van der Waals surface area contributed by atoms with Crippen LogP contribution in [0.5, 0.6) is 0 Å². The Balaban J connectivity index is 1.12. The molecule has 2 saturated heterocycles. The molecule has 2 aromatic heterocycles. The number of hydrogen-bond acceptors (Lipinski definition) is 8. The van der Waals surface area contributed by atoms with Gasteiger partial charge in [-0.2, -0.15) is 0 Å². The second-order valence-corrected chi connectivity index (χ2v) is 14.1. The molecular weight excluding hydrogens is 731 g/mol. The van der Waals surface area contributed by atoms with E-state index < -0.39 is 29.7 Å². The fourth-order valence-electron chi connectivity index (χ4n) is 6.49. The molecule has 2 aliphatic heterocycles. The first-order chi connectivity index (χ1) is 24.9. The third-order valence-electron chi connectivity index (χ3n) is 9.37. The van der Waals surface area contributed by atoms with Gasteiger partial charge in [0.05, 0.1) is 38.3 Å². The highest BCUT2D eigenvalue weighted by Crippen LogP contribution is 2.40. The first-order valence-corrected chi connectivity index (χ1v) is 17.7. The maximum absolute atomic E-state index is 13.4. The van der Waals surface area contributed by atoms with Crippen molar-refractivity contribution >= 4 is 69.9 Å². The van der Waals surface area contributed by atoms with Gasteiger partial charge >= 0.3 is 11.9 Å². The molecule has 2 aliphatic rings. The van der Waals surface area contributed by atoms with Gasteiger partial charge in [-0.1, -0.05) is 65.1 Å². The second kappa shape index (κ2) is 16.0. The summed E-state index contributed by atoms with van der Waals surface area (Å²) in [6.45, 7) is 5.03. The number of carboxylic acids is 2. The monoisotopic (exact) mass is 764 g/mol. The van der Waals surface area contributed by atoms with E-state index >= 15 is 0 Å². The van der Waals surface area contributed by atoms with Gasteiger partial charge in [-0.05, 0) is 68.2 Å². The highest BCUT2D eigenvalue weighted by molar-refractivity contribution is 6.40. The highest BCUT2D eigenvalue weighted by Gasteiger charge is 2.29. The van der Waals surface area contributed by atoms with Gasteiger partial charge in [-0.3, -0.25) is 34.0 Å². The van der Waals surface area contributed by atoms with Gasteiger partial charge < -0.3 is 20.8 Å². The average Bonchev–Trinajstić information content (AvgIpc) is 3.79. The zero-order chi connectivity index (χ0) is 37.1. The summed E-state index contributed by atoms with van der Waals surface area (Å²) in [4.78, 5) is 62.0. The summed E-state index contributed by atoms with van der Waals surface area (Å²) in [7, 11) is 0. The number of halogens is 3. The number of nitrogens with zero attached hydrogens (tertiary/aromatic N) is 4. The van der Waals surface area contributed by atoms with E-state index in [-0.39, 0.29) is 32.4 Å². The van der Waals surface area contributed by atoms with Crippen molar-refractivity contribution in [2.24, 2.45) is 11.8 Å². The van der Waals surface area contributed by atoms with Gasteiger partial charge in [-0.15, -0.1) is 0 Å². The van der Waals surface area contributed by atoms with Crippen LogP contribution >= 0.6 is 34.8 Å². The van der Waals surface area contributed by atoms with Crippen LogP contribution in [0.2, 0.25) is 15.1 Å². The summed E-state index contributed by atoms with van der Waals surface area (Å²) in [5.41, 5.74) is 4.10. The topological polar surface area (TPSA) is 165 Å². The minimum Gasteiger partial charge on any atom is -0.481 e. The van der Waals surface area contributed by atoms with Gasteiger partial charge in [0, 0.05) is 49.2 Å². The van der Waals surface area contributed by atoms with Gasteiger partial charge in [0.25, 0.3) is 11.8 Å². The van der Waals surface area contributed by atoms with Crippen LogP contribution in [0, 0.1) is 18.8 Å². The molecule has 2 aromatic carbocycles. The maximum atomic E-state index is 13.4. The molecule has 2 amide bonds. The number of carbonyl (C=O) groups is 4. The van der Waals surface area contributed by atoms with Crippen molar-refractivity contribution in [2.75, 3.05) is 36.8 Å². The molecule has 4 heterocycles. The average molecular weight is 766 g/mol. The first kappa shape index (κ1) is 37.2. The van der Waals surface area contributed by atoms with Crippen molar-refractivity contribution in [3.63, 3.8) is 0 Å². The van der Waals surface area contributed by atoms with Crippen molar-refractivity contribution in [3.8, 4) is 11.1 Å². The third-order valence-corrected chi connectivity index (χ3v) is 10.5.